The van der Waals surface area contributed by atoms with Crippen molar-refractivity contribution in [3.05, 3.63) is 69.8 Å². The Bertz CT molecular complexity index is 1310. The molecule has 1 saturated heterocycles. The highest BCUT2D eigenvalue weighted by Crippen LogP contribution is 2.38. The highest BCUT2D eigenvalue weighted by atomic mass is 19.1. The number of hydrogen-bond acceptors (Lipinski definition) is 6. The fourth-order valence-corrected chi connectivity index (χ4v) is 4.14. The topological polar surface area (TPSA) is 99.0 Å². The number of aromatic hydroxyl groups is 1. The van der Waals surface area contributed by atoms with Crippen LogP contribution in [0.3, 0.4) is 0 Å². The van der Waals surface area contributed by atoms with Crippen molar-refractivity contribution in [2.24, 2.45) is 5.10 Å². The summed E-state index contributed by atoms with van der Waals surface area (Å²) < 4.78 is 16.9. The molecule has 1 aliphatic heterocycles. The average Bonchev–Trinajstić information content (AvgIpc) is 3.66. The lowest BCUT2D eigenvalue weighted by atomic mass is 10.1. The van der Waals surface area contributed by atoms with Crippen molar-refractivity contribution in [2.45, 2.75) is 18.9 Å². The number of halogens is 1. The van der Waals surface area contributed by atoms with E-state index in [1.165, 1.54) is 18.3 Å². The number of carbonyl (C=O) groups is 1. The number of aromatic nitrogens is 1. The number of pyridine rings is 1. The van der Waals surface area contributed by atoms with E-state index in [1.54, 1.807) is 30.5 Å². The van der Waals surface area contributed by atoms with Crippen LogP contribution in [0.1, 0.15) is 34.8 Å². The molecule has 0 atom stereocenters. The second kappa shape index (κ2) is 8.67. The highest BCUT2D eigenvalue weighted by Gasteiger charge is 2.28. The molecule has 1 aliphatic carbocycles. The molecule has 33 heavy (non-hydrogen) atoms. The number of fused-ring (bicyclic) bond motifs is 1. The van der Waals surface area contributed by atoms with E-state index in [9.17, 15) is 14.7 Å². The standard InChI is InChI=1S/C24H24FN5O3/c25-19-11-17-20(12-21(19)29-9-7-26-8-10-29)30(16-5-6-16)14-18(23(17)32)24(33)28-27-13-15-3-1-2-4-22(15)31/h1-4,11-14,16,26,31H,5-10H2,(H,28,33)/b27-13-. The molecule has 0 spiro atoms. The SMILES string of the molecule is O=C(N/N=C\c1ccccc1O)c1cn(C2CC2)c2cc(N3CCNCC3)c(F)cc2c1=O. The molecule has 5 rings (SSSR count). The van der Waals surface area contributed by atoms with E-state index >= 15 is 4.39 Å². The minimum atomic E-state index is -0.686. The van der Waals surface area contributed by atoms with Crippen molar-refractivity contribution in [1.82, 2.24) is 15.3 Å². The maximum atomic E-state index is 15.0. The molecule has 0 radical (unpaired) electrons. The van der Waals surface area contributed by atoms with Gasteiger partial charge in [-0.1, -0.05) is 12.1 Å². The quantitative estimate of drug-likeness (QED) is 0.410. The monoisotopic (exact) mass is 449 g/mol. The molecule has 9 heteroatoms. The van der Waals surface area contributed by atoms with Crippen molar-refractivity contribution in [3.63, 3.8) is 0 Å². The molecule has 170 valence electrons. The average molecular weight is 449 g/mol. The van der Waals surface area contributed by atoms with Crippen LogP contribution in [0.5, 0.6) is 5.75 Å². The first kappa shape index (κ1) is 21.1. The lowest BCUT2D eigenvalue weighted by Crippen LogP contribution is -2.43. The number of hydrogen-bond donors (Lipinski definition) is 3. The van der Waals surface area contributed by atoms with Gasteiger partial charge in [0.1, 0.15) is 17.1 Å². The predicted octanol–water partition coefficient (Wildman–Crippen LogP) is 2.35. The predicted molar refractivity (Wildman–Crippen MR) is 125 cm³/mol. The zero-order valence-corrected chi connectivity index (χ0v) is 17.9. The molecule has 2 aliphatic rings. The first-order valence-electron chi connectivity index (χ1n) is 11.0. The number of phenolic OH excluding ortho intramolecular Hbond substituents is 1. The summed E-state index contributed by atoms with van der Waals surface area (Å²) in [6, 6.07) is 9.69. The number of amides is 1. The number of anilines is 1. The summed E-state index contributed by atoms with van der Waals surface area (Å²) in [6.45, 7) is 2.91. The van der Waals surface area contributed by atoms with Gasteiger partial charge in [-0.3, -0.25) is 9.59 Å². The Hall–Kier alpha value is -3.72. The molecular formula is C24H24FN5O3. The zero-order chi connectivity index (χ0) is 22.9. The lowest BCUT2D eigenvalue weighted by molar-refractivity contribution is 0.0953. The Morgan fingerprint density at radius 3 is 2.70 bits per heavy atom. The minimum absolute atomic E-state index is 0.0214. The van der Waals surface area contributed by atoms with E-state index in [0.29, 0.717) is 29.9 Å². The van der Waals surface area contributed by atoms with E-state index in [-0.39, 0.29) is 22.7 Å². The Labute approximate surface area is 189 Å². The molecule has 1 saturated carbocycles. The number of benzene rings is 2. The van der Waals surface area contributed by atoms with E-state index in [0.717, 1.165) is 25.9 Å². The molecule has 3 aromatic rings. The number of carbonyl (C=O) groups excluding carboxylic acids is 1. The van der Waals surface area contributed by atoms with Gasteiger partial charge in [-0.15, -0.1) is 0 Å². The van der Waals surface area contributed by atoms with Crippen molar-refractivity contribution < 1.29 is 14.3 Å². The molecule has 2 aromatic carbocycles. The summed E-state index contributed by atoms with van der Waals surface area (Å²) >= 11 is 0. The summed E-state index contributed by atoms with van der Waals surface area (Å²) in [6.07, 6.45) is 4.72. The summed E-state index contributed by atoms with van der Waals surface area (Å²) in [5, 5.41) is 17.1. The van der Waals surface area contributed by atoms with E-state index < -0.39 is 17.2 Å². The van der Waals surface area contributed by atoms with Crippen molar-refractivity contribution in [1.29, 1.82) is 0 Å². The number of nitrogens with one attached hydrogen (secondary N) is 2. The lowest BCUT2D eigenvalue weighted by Gasteiger charge is -2.30. The molecule has 0 unspecified atom stereocenters. The third kappa shape index (κ3) is 4.19. The first-order valence-corrected chi connectivity index (χ1v) is 11.0. The third-order valence-electron chi connectivity index (χ3n) is 6.05. The van der Waals surface area contributed by atoms with Crippen LogP contribution < -0.4 is 21.1 Å². The van der Waals surface area contributed by atoms with E-state index in [4.69, 9.17) is 0 Å². The van der Waals surface area contributed by atoms with Crippen LogP contribution >= 0.6 is 0 Å². The second-order valence-electron chi connectivity index (χ2n) is 8.33. The molecular weight excluding hydrogens is 425 g/mol. The van der Waals surface area contributed by atoms with Gasteiger partial charge in [0.05, 0.1) is 17.4 Å². The smallest absolute Gasteiger partial charge is 0.276 e. The number of piperazine rings is 1. The number of rotatable bonds is 5. The van der Waals surface area contributed by atoms with Gasteiger partial charge < -0.3 is 19.9 Å². The van der Waals surface area contributed by atoms with Crippen LogP contribution in [-0.4, -0.2) is 48.0 Å². The fourth-order valence-electron chi connectivity index (χ4n) is 4.14. The van der Waals surface area contributed by atoms with E-state index in [2.05, 4.69) is 15.8 Å². The Morgan fingerprint density at radius 1 is 1.21 bits per heavy atom. The van der Waals surface area contributed by atoms with E-state index in [1.807, 2.05) is 9.47 Å². The van der Waals surface area contributed by atoms with Gasteiger partial charge in [0.15, 0.2) is 0 Å². The minimum Gasteiger partial charge on any atom is -0.507 e. The van der Waals surface area contributed by atoms with Crippen LogP contribution in [0.15, 0.2) is 52.5 Å². The Balaban J connectivity index is 1.51. The molecule has 1 aromatic heterocycles. The third-order valence-corrected chi connectivity index (χ3v) is 6.05. The number of hydrazone groups is 1. The molecule has 0 bridgehead atoms. The number of nitrogens with zero attached hydrogens (tertiary/aromatic N) is 3. The summed E-state index contributed by atoms with van der Waals surface area (Å²) in [5.74, 6) is -1.14. The number of para-hydroxylation sites is 1. The van der Waals surface area contributed by atoms with Gasteiger partial charge >= 0.3 is 0 Å². The van der Waals surface area contributed by atoms with Crippen LogP contribution in [-0.2, 0) is 0 Å². The van der Waals surface area contributed by atoms with Crippen LogP contribution in [0.2, 0.25) is 0 Å². The van der Waals surface area contributed by atoms with Gasteiger partial charge in [0.25, 0.3) is 5.91 Å². The fraction of sp³-hybridized carbons (Fsp3) is 0.292. The van der Waals surface area contributed by atoms with Gasteiger partial charge in [-0.25, -0.2) is 9.82 Å². The number of phenols is 1. The zero-order valence-electron chi connectivity index (χ0n) is 17.9. The van der Waals surface area contributed by atoms with Crippen molar-refractivity contribution in [3.8, 4) is 5.75 Å². The molecule has 1 amide bonds. The summed E-state index contributed by atoms with van der Waals surface area (Å²) in [7, 11) is 0. The summed E-state index contributed by atoms with van der Waals surface area (Å²) in [4.78, 5) is 27.9. The molecule has 2 heterocycles. The van der Waals surface area contributed by atoms with Crippen molar-refractivity contribution >= 4 is 28.7 Å². The van der Waals surface area contributed by atoms with Gasteiger partial charge in [0.2, 0.25) is 5.43 Å². The normalized spacial score (nSPS) is 16.5. The maximum Gasteiger partial charge on any atom is 0.276 e. The first-order chi connectivity index (χ1) is 16.0. The van der Waals surface area contributed by atoms with Gasteiger partial charge in [-0.05, 0) is 37.1 Å². The van der Waals surface area contributed by atoms with Gasteiger partial charge in [0, 0.05) is 49.4 Å². The Morgan fingerprint density at radius 2 is 1.97 bits per heavy atom. The van der Waals surface area contributed by atoms with Crippen LogP contribution in [0.4, 0.5) is 10.1 Å². The molecule has 3 N–H and O–H groups in total. The molecule has 2 fully saturated rings. The molecule has 8 nitrogen and oxygen atoms in total. The Kier molecular flexibility index (Phi) is 5.55. The highest BCUT2D eigenvalue weighted by molar-refractivity contribution is 5.98. The maximum absolute atomic E-state index is 15.0. The summed E-state index contributed by atoms with van der Waals surface area (Å²) in [5.41, 5.74) is 3.23. The second-order valence-corrected chi connectivity index (χ2v) is 8.33. The van der Waals surface area contributed by atoms with Crippen LogP contribution in [0.25, 0.3) is 10.9 Å². The van der Waals surface area contributed by atoms with Crippen LogP contribution in [0, 0.1) is 5.82 Å². The van der Waals surface area contributed by atoms with Gasteiger partial charge in [-0.2, -0.15) is 5.10 Å². The largest absolute Gasteiger partial charge is 0.507 e. The van der Waals surface area contributed by atoms with Crippen molar-refractivity contribution in [2.75, 3.05) is 31.1 Å².